The first-order valence-electron chi connectivity index (χ1n) is 4.30. The smallest absolute Gasteiger partial charge is 0.211 e. The van der Waals surface area contributed by atoms with Crippen LogP contribution in [-0.4, -0.2) is 12.5 Å². The zero-order valence-electron chi connectivity index (χ0n) is 8.08. The van der Waals surface area contributed by atoms with Gasteiger partial charge in [0.1, 0.15) is 11.4 Å². The maximum absolute atomic E-state index is 13.2. The van der Waals surface area contributed by atoms with Crippen molar-refractivity contribution in [3.05, 3.63) is 24.0 Å². The molecular weight excluding hydrogens is 185 g/mol. The third-order valence-corrected chi connectivity index (χ3v) is 1.54. The zero-order valence-corrected chi connectivity index (χ0v) is 8.08. The molecule has 0 aliphatic heterocycles. The fraction of sp³-hybridized carbons (Fsp3) is 0.300. The summed E-state index contributed by atoms with van der Waals surface area (Å²) in [5, 5.41) is 2.27. The Morgan fingerprint density at radius 3 is 2.79 bits per heavy atom. The van der Waals surface area contributed by atoms with Crippen LogP contribution in [0.5, 0.6) is 5.75 Å². The highest BCUT2D eigenvalue weighted by Crippen LogP contribution is 2.27. The van der Waals surface area contributed by atoms with Crippen LogP contribution in [0.4, 0.5) is 10.1 Å². The fourth-order valence-corrected chi connectivity index (χ4v) is 1.06. The summed E-state index contributed by atoms with van der Waals surface area (Å²) >= 11 is 0. The molecule has 0 radical (unpaired) electrons. The van der Waals surface area contributed by atoms with E-state index in [2.05, 4.69) is 5.32 Å². The maximum Gasteiger partial charge on any atom is 0.211 e. The topological polar surface area (TPSA) is 38.3 Å². The molecule has 1 amide bonds. The van der Waals surface area contributed by atoms with Crippen LogP contribution in [0.3, 0.4) is 0 Å². The Morgan fingerprint density at radius 2 is 2.21 bits per heavy atom. The SMILES string of the molecule is CC(C)Oc1cccc(F)c1NC=O. The first-order valence-corrected chi connectivity index (χ1v) is 4.30. The Bertz CT molecular complexity index is 326. The lowest BCUT2D eigenvalue weighted by molar-refractivity contribution is -0.105. The number of para-hydroxylation sites is 1. The lowest BCUT2D eigenvalue weighted by atomic mass is 10.2. The number of nitrogens with one attached hydrogen (secondary N) is 1. The molecular formula is C10H12FNO2. The molecule has 3 nitrogen and oxygen atoms in total. The van der Waals surface area contributed by atoms with E-state index in [1.165, 1.54) is 12.1 Å². The van der Waals surface area contributed by atoms with Crippen LogP contribution in [0.15, 0.2) is 18.2 Å². The van der Waals surface area contributed by atoms with Gasteiger partial charge in [-0.3, -0.25) is 4.79 Å². The van der Waals surface area contributed by atoms with Gasteiger partial charge in [-0.25, -0.2) is 4.39 Å². The summed E-state index contributed by atoms with van der Waals surface area (Å²) in [6.45, 7) is 3.66. The Balaban J connectivity index is 3.00. The largest absolute Gasteiger partial charge is 0.489 e. The van der Waals surface area contributed by atoms with Crippen LogP contribution in [0, 0.1) is 5.82 Å². The molecule has 1 aromatic carbocycles. The predicted octanol–water partition coefficient (Wildman–Crippen LogP) is 2.18. The Kier molecular flexibility index (Phi) is 3.45. The van der Waals surface area contributed by atoms with Gasteiger partial charge in [0.15, 0.2) is 5.82 Å². The lowest BCUT2D eigenvalue weighted by Gasteiger charge is -2.13. The van der Waals surface area contributed by atoms with Crippen molar-refractivity contribution in [3.8, 4) is 5.75 Å². The van der Waals surface area contributed by atoms with E-state index >= 15 is 0 Å². The number of carbonyl (C=O) groups excluding carboxylic acids is 1. The molecule has 76 valence electrons. The third kappa shape index (κ3) is 2.45. The average molecular weight is 197 g/mol. The van der Waals surface area contributed by atoms with Gasteiger partial charge in [-0.05, 0) is 26.0 Å². The summed E-state index contributed by atoms with van der Waals surface area (Å²) in [7, 11) is 0. The summed E-state index contributed by atoms with van der Waals surface area (Å²) in [5.41, 5.74) is 0.0798. The molecule has 0 aliphatic carbocycles. The van der Waals surface area contributed by atoms with Gasteiger partial charge in [-0.2, -0.15) is 0 Å². The zero-order chi connectivity index (χ0) is 10.6. The molecule has 0 aliphatic rings. The minimum atomic E-state index is -0.504. The van der Waals surface area contributed by atoms with Gasteiger partial charge in [0.2, 0.25) is 6.41 Å². The summed E-state index contributed by atoms with van der Waals surface area (Å²) in [6.07, 6.45) is 0.356. The minimum Gasteiger partial charge on any atom is -0.489 e. The number of carbonyl (C=O) groups is 1. The van der Waals surface area contributed by atoms with E-state index in [1.807, 2.05) is 13.8 Å². The van der Waals surface area contributed by atoms with Crippen LogP contribution in [0.2, 0.25) is 0 Å². The van der Waals surface area contributed by atoms with Gasteiger partial charge in [-0.15, -0.1) is 0 Å². The van der Waals surface area contributed by atoms with E-state index in [1.54, 1.807) is 6.07 Å². The molecule has 0 bridgehead atoms. The number of ether oxygens (including phenoxy) is 1. The molecule has 0 unspecified atom stereocenters. The van der Waals surface area contributed by atoms with Crippen molar-refractivity contribution in [2.75, 3.05) is 5.32 Å². The van der Waals surface area contributed by atoms with Gasteiger partial charge in [0, 0.05) is 0 Å². The number of rotatable bonds is 4. The summed E-state index contributed by atoms with van der Waals surface area (Å²) in [5.74, 6) is -0.164. The van der Waals surface area contributed by atoms with E-state index in [0.717, 1.165) is 0 Å². The molecule has 0 aromatic heterocycles. The van der Waals surface area contributed by atoms with Crippen LogP contribution in [0.25, 0.3) is 0 Å². The van der Waals surface area contributed by atoms with E-state index < -0.39 is 5.82 Å². The standard InChI is InChI=1S/C10H12FNO2/c1-7(2)14-9-5-3-4-8(11)10(9)12-6-13/h3-7H,1-2H3,(H,12,13). The van der Waals surface area contributed by atoms with Crippen molar-refractivity contribution in [3.63, 3.8) is 0 Å². The Hall–Kier alpha value is -1.58. The van der Waals surface area contributed by atoms with Gasteiger partial charge >= 0.3 is 0 Å². The maximum atomic E-state index is 13.2. The van der Waals surface area contributed by atoms with Crippen molar-refractivity contribution in [2.24, 2.45) is 0 Å². The quantitative estimate of drug-likeness (QED) is 0.751. The Morgan fingerprint density at radius 1 is 1.50 bits per heavy atom. The molecule has 0 saturated heterocycles. The summed E-state index contributed by atoms with van der Waals surface area (Å²) in [6, 6.07) is 4.40. The monoisotopic (exact) mass is 197 g/mol. The number of hydrogen-bond acceptors (Lipinski definition) is 2. The molecule has 14 heavy (non-hydrogen) atoms. The number of amides is 1. The molecule has 1 N–H and O–H groups in total. The number of benzene rings is 1. The first kappa shape index (κ1) is 10.5. The molecule has 1 rings (SSSR count). The summed E-state index contributed by atoms with van der Waals surface area (Å²) in [4.78, 5) is 10.2. The molecule has 4 heteroatoms. The van der Waals surface area contributed by atoms with Crippen molar-refractivity contribution in [1.82, 2.24) is 0 Å². The van der Waals surface area contributed by atoms with Crippen LogP contribution in [0.1, 0.15) is 13.8 Å². The van der Waals surface area contributed by atoms with Gasteiger partial charge in [0.05, 0.1) is 6.10 Å². The molecule has 1 aromatic rings. The van der Waals surface area contributed by atoms with Crippen LogP contribution in [-0.2, 0) is 4.79 Å². The number of halogens is 1. The molecule has 0 fully saturated rings. The van der Waals surface area contributed by atoms with Crippen molar-refractivity contribution < 1.29 is 13.9 Å². The second-order valence-corrected chi connectivity index (χ2v) is 3.04. The van der Waals surface area contributed by atoms with Crippen molar-refractivity contribution >= 4 is 12.1 Å². The molecule has 0 spiro atoms. The second kappa shape index (κ2) is 4.60. The van der Waals surface area contributed by atoms with Gasteiger partial charge in [-0.1, -0.05) is 6.07 Å². The molecule has 0 atom stereocenters. The molecule has 0 saturated carbocycles. The highest BCUT2D eigenvalue weighted by Gasteiger charge is 2.09. The highest BCUT2D eigenvalue weighted by atomic mass is 19.1. The summed E-state index contributed by atoms with van der Waals surface area (Å²) < 4.78 is 18.5. The number of anilines is 1. The molecule has 0 heterocycles. The lowest BCUT2D eigenvalue weighted by Crippen LogP contribution is -2.09. The fourth-order valence-electron chi connectivity index (χ4n) is 1.06. The van der Waals surface area contributed by atoms with Crippen molar-refractivity contribution in [1.29, 1.82) is 0 Å². The predicted molar refractivity (Wildman–Crippen MR) is 51.9 cm³/mol. The van der Waals surface area contributed by atoms with E-state index in [9.17, 15) is 9.18 Å². The normalized spacial score (nSPS) is 10.0. The first-order chi connectivity index (χ1) is 6.65. The minimum absolute atomic E-state index is 0.0657. The second-order valence-electron chi connectivity index (χ2n) is 3.04. The van der Waals surface area contributed by atoms with E-state index in [0.29, 0.717) is 12.2 Å². The van der Waals surface area contributed by atoms with Gasteiger partial charge in [0.25, 0.3) is 0 Å². The highest BCUT2D eigenvalue weighted by molar-refractivity contribution is 5.75. The van der Waals surface area contributed by atoms with E-state index in [4.69, 9.17) is 4.74 Å². The van der Waals surface area contributed by atoms with Gasteiger partial charge < -0.3 is 10.1 Å². The van der Waals surface area contributed by atoms with Crippen LogP contribution >= 0.6 is 0 Å². The average Bonchev–Trinajstić information content (AvgIpc) is 2.10. The van der Waals surface area contributed by atoms with Crippen LogP contribution < -0.4 is 10.1 Å². The van der Waals surface area contributed by atoms with Crippen molar-refractivity contribution in [2.45, 2.75) is 20.0 Å². The van der Waals surface area contributed by atoms with E-state index in [-0.39, 0.29) is 11.8 Å². The third-order valence-electron chi connectivity index (χ3n) is 1.54. The Labute approximate surface area is 81.9 Å². The number of hydrogen-bond donors (Lipinski definition) is 1.